The molecule has 21 heavy (non-hydrogen) atoms. The van der Waals surface area contributed by atoms with Gasteiger partial charge in [-0.05, 0) is 61.2 Å². The average molecular weight is 288 g/mol. The minimum Gasteiger partial charge on any atom is -0.494 e. The van der Waals surface area contributed by atoms with E-state index in [-0.39, 0.29) is 11.9 Å². The topological polar surface area (TPSA) is 47.3 Å². The minimum absolute atomic E-state index is 0.0684. The molecule has 112 valence electrons. The molecule has 1 unspecified atom stereocenters. The number of benzene rings is 2. The van der Waals surface area contributed by atoms with Crippen molar-refractivity contribution in [2.24, 2.45) is 5.84 Å². The Morgan fingerprint density at radius 1 is 1.19 bits per heavy atom. The summed E-state index contributed by atoms with van der Waals surface area (Å²) < 4.78 is 18.8. The van der Waals surface area contributed by atoms with Crippen LogP contribution in [0.15, 0.2) is 42.5 Å². The van der Waals surface area contributed by atoms with E-state index in [1.807, 2.05) is 38.1 Å². The molecule has 0 fully saturated rings. The fraction of sp³-hybridized carbons (Fsp3) is 0.294. The molecule has 0 saturated heterocycles. The summed E-state index contributed by atoms with van der Waals surface area (Å²) in [6.07, 6.45) is 0.633. The molecule has 0 heterocycles. The number of rotatable bonds is 6. The molecule has 3 nitrogen and oxygen atoms in total. The van der Waals surface area contributed by atoms with Gasteiger partial charge in [-0.25, -0.2) is 4.39 Å². The lowest BCUT2D eigenvalue weighted by Crippen LogP contribution is -2.29. The van der Waals surface area contributed by atoms with Crippen molar-refractivity contribution in [1.82, 2.24) is 5.43 Å². The van der Waals surface area contributed by atoms with Crippen molar-refractivity contribution in [3.63, 3.8) is 0 Å². The van der Waals surface area contributed by atoms with Gasteiger partial charge in [0.2, 0.25) is 0 Å². The largest absolute Gasteiger partial charge is 0.494 e. The van der Waals surface area contributed by atoms with Crippen molar-refractivity contribution in [1.29, 1.82) is 0 Å². The molecular weight excluding hydrogens is 267 g/mol. The van der Waals surface area contributed by atoms with E-state index in [1.54, 1.807) is 12.1 Å². The number of hydrogen-bond acceptors (Lipinski definition) is 3. The first kappa shape index (κ1) is 15.5. The number of hydrazine groups is 1. The first-order valence-electron chi connectivity index (χ1n) is 7.08. The second kappa shape index (κ2) is 7.20. The van der Waals surface area contributed by atoms with Gasteiger partial charge < -0.3 is 4.74 Å². The molecule has 2 aromatic carbocycles. The van der Waals surface area contributed by atoms with Crippen LogP contribution >= 0.6 is 0 Å². The summed E-state index contributed by atoms with van der Waals surface area (Å²) >= 11 is 0. The van der Waals surface area contributed by atoms with Crippen LogP contribution in [0.5, 0.6) is 5.75 Å². The first-order valence-corrected chi connectivity index (χ1v) is 7.08. The molecule has 0 radical (unpaired) electrons. The van der Waals surface area contributed by atoms with Gasteiger partial charge in [-0.1, -0.05) is 18.2 Å². The zero-order chi connectivity index (χ0) is 15.2. The van der Waals surface area contributed by atoms with Crippen LogP contribution in [0.3, 0.4) is 0 Å². The van der Waals surface area contributed by atoms with Crippen LogP contribution < -0.4 is 16.0 Å². The lowest BCUT2D eigenvalue weighted by molar-refractivity contribution is 0.340. The van der Waals surface area contributed by atoms with Gasteiger partial charge in [0.05, 0.1) is 6.61 Å². The monoisotopic (exact) mass is 288 g/mol. The Balaban J connectivity index is 2.17. The fourth-order valence-electron chi connectivity index (χ4n) is 2.32. The van der Waals surface area contributed by atoms with Crippen LogP contribution in [0, 0.1) is 12.7 Å². The second-order valence-electron chi connectivity index (χ2n) is 5.00. The van der Waals surface area contributed by atoms with E-state index in [9.17, 15) is 4.39 Å². The molecule has 0 aromatic heterocycles. The van der Waals surface area contributed by atoms with Crippen molar-refractivity contribution < 1.29 is 9.13 Å². The quantitative estimate of drug-likeness (QED) is 0.633. The molecule has 4 heteroatoms. The maximum Gasteiger partial charge on any atom is 0.123 e. The van der Waals surface area contributed by atoms with Crippen molar-refractivity contribution in [2.45, 2.75) is 26.3 Å². The van der Waals surface area contributed by atoms with Gasteiger partial charge in [-0.3, -0.25) is 11.3 Å². The highest BCUT2D eigenvalue weighted by Gasteiger charge is 2.12. The van der Waals surface area contributed by atoms with Crippen LogP contribution in [0.1, 0.15) is 29.7 Å². The van der Waals surface area contributed by atoms with Gasteiger partial charge in [0.15, 0.2) is 0 Å². The molecule has 0 spiro atoms. The van der Waals surface area contributed by atoms with E-state index >= 15 is 0 Å². The number of hydrogen-bond donors (Lipinski definition) is 2. The summed E-state index contributed by atoms with van der Waals surface area (Å²) in [6.45, 7) is 4.56. The third-order valence-corrected chi connectivity index (χ3v) is 3.53. The summed E-state index contributed by atoms with van der Waals surface area (Å²) in [5.41, 5.74) is 5.86. The second-order valence-corrected chi connectivity index (χ2v) is 5.00. The number of nitrogens with two attached hydrogens (primary N) is 1. The molecular formula is C17H21FN2O. The maximum absolute atomic E-state index is 13.4. The number of halogens is 1. The summed E-state index contributed by atoms with van der Waals surface area (Å²) in [4.78, 5) is 0. The predicted molar refractivity (Wildman–Crippen MR) is 82.5 cm³/mol. The van der Waals surface area contributed by atoms with Crippen LogP contribution in [0.25, 0.3) is 0 Å². The average Bonchev–Trinajstić information content (AvgIpc) is 2.49. The smallest absolute Gasteiger partial charge is 0.123 e. The lowest BCUT2D eigenvalue weighted by Gasteiger charge is -2.18. The Kier molecular flexibility index (Phi) is 5.31. The van der Waals surface area contributed by atoms with E-state index < -0.39 is 0 Å². The Morgan fingerprint density at radius 2 is 1.90 bits per heavy atom. The summed E-state index contributed by atoms with van der Waals surface area (Å²) in [6, 6.07) is 12.5. The number of aryl methyl sites for hydroxylation is 1. The SMILES string of the molecule is CCOc1ccc(C(Cc2cc(F)ccc2C)NN)cc1. The van der Waals surface area contributed by atoms with Crippen molar-refractivity contribution >= 4 is 0 Å². The summed E-state index contributed by atoms with van der Waals surface area (Å²) in [5.74, 6) is 6.27. The standard InChI is InChI=1S/C17H21FN2O/c1-3-21-16-8-5-13(6-9-16)17(20-19)11-14-10-15(18)7-4-12(14)2/h4-10,17,20H,3,11,19H2,1-2H3. The molecule has 2 rings (SSSR count). The first-order chi connectivity index (χ1) is 10.1. The Morgan fingerprint density at radius 3 is 2.52 bits per heavy atom. The highest BCUT2D eigenvalue weighted by molar-refractivity contribution is 5.32. The Bertz CT molecular complexity index is 584. The molecule has 0 amide bonds. The fourth-order valence-corrected chi connectivity index (χ4v) is 2.32. The molecule has 0 saturated carbocycles. The number of nitrogens with one attached hydrogen (secondary N) is 1. The van der Waals surface area contributed by atoms with E-state index in [0.717, 1.165) is 22.4 Å². The van der Waals surface area contributed by atoms with Crippen molar-refractivity contribution in [3.8, 4) is 5.75 Å². The Hall–Kier alpha value is -1.91. The molecule has 0 aliphatic rings. The third-order valence-electron chi connectivity index (χ3n) is 3.53. The molecule has 0 bridgehead atoms. The predicted octanol–water partition coefficient (Wildman–Crippen LogP) is 3.28. The minimum atomic E-state index is -0.224. The summed E-state index contributed by atoms with van der Waals surface area (Å²) in [7, 11) is 0. The van der Waals surface area contributed by atoms with Gasteiger partial charge >= 0.3 is 0 Å². The van der Waals surface area contributed by atoms with Gasteiger partial charge in [0, 0.05) is 6.04 Å². The Labute approximate surface area is 124 Å². The van der Waals surface area contributed by atoms with Gasteiger partial charge in [0.25, 0.3) is 0 Å². The molecule has 3 N–H and O–H groups in total. The van der Waals surface area contributed by atoms with Crippen molar-refractivity contribution in [3.05, 3.63) is 65.0 Å². The van der Waals surface area contributed by atoms with Crippen molar-refractivity contribution in [2.75, 3.05) is 6.61 Å². The lowest BCUT2D eigenvalue weighted by atomic mass is 9.96. The summed E-state index contributed by atoms with van der Waals surface area (Å²) in [5, 5.41) is 0. The van der Waals surface area contributed by atoms with Crippen LogP contribution in [-0.2, 0) is 6.42 Å². The highest BCUT2D eigenvalue weighted by atomic mass is 19.1. The highest BCUT2D eigenvalue weighted by Crippen LogP contribution is 2.22. The van der Waals surface area contributed by atoms with E-state index in [4.69, 9.17) is 10.6 Å². The third kappa shape index (κ3) is 4.03. The number of ether oxygens (including phenoxy) is 1. The van der Waals surface area contributed by atoms with Crippen LogP contribution in [0.4, 0.5) is 4.39 Å². The molecule has 0 aliphatic heterocycles. The van der Waals surface area contributed by atoms with Gasteiger partial charge in [-0.2, -0.15) is 0 Å². The van der Waals surface area contributed by atoms with E-state index in [2.05, 4.69) is 5.43 Å². The normalized spacial score (nSPS) is 12.2. The molecule has 2 aromatic rings. The van der Waals surface area contributed by atoms with Gasteiger partial charge in [-0.15, -0.1) is 0 Å². The van der Waals surface area contributed by atoms with E-state index in [1.165, 1.54) is 6.07 Å². The maximum atomic E-state index is 13.4. The van der Waals surface area contributed by atoms with Crippen LogP contribution in [-0.4, -0.2) is 6.61 Å². The van der Waals surface area contributed by atoms with Gasteiger partial charge in [0.1, 0.15) is 11.6 Å². The molecule has 0 aliphatic carbocycles. The molecule has 1 atom stereocenters. The van der Waals surface area contributed by atoms with Crippen LogP contribution in [0.2, 0.25) is 0 Å². The zero-order valence-corrected chi connectivity index (χ0v) is 12.4. The zero-order valence-electron chi connectivity index (χ0n) is 12.4. The van der Waals surface area contributed by atoms with E-state index in [0.29, 0.717) is 13.0 Å².